The molecule has 0 atom stereocenters. The zero-order valence-electron chi connectivity index (χ0n) is 16.8. The first-order valence-corrected chi connectivity index (χ1v) is 10.6. The molecule has 2 saturated carbocycles. The topological polar surface area (TPSA) is 46.6 Å². The number of hydrogen-bond acceptors (Lipinski definition) is 3. The van der Waals surface area contributed by atoms with Gasteiger partial charge in [-0.15, -0.1) is 0 Å². The summed E-state index contributed by atoms with van der Waals surface area (Å²) in [5.74, 6) is -0.408. The molecular weight excluding hydrogens is 338 g/mol. The summed E-state index contributed by atoms with van der Waals surface area (Å²) in [4.78, 5) is 27.6. The van der Waals surface area contributed by atoms with Gasteiger partial charge in [0.15, 0.2) is 6.61 Å². The molecule has 0 bridgehead atoms. The molecule has 0 radical (unpaired) electrons. The first-order chi connectivity index (χ1) is 13.0. The molecule has 2 aliphatic carbocycles. The monoisotopic (exact) mass is 371 g/mol. The fourth-order valence-electron chi connectivity index (χ4n) is 4.80. The van der Waals surface area contributed by atoms with Crippen LogP contribution in [0.5, 0.6) is 0 Å². The zero-order chi connectivity index (χ0) is 19.2. The van der Waals surface area contributed by atoms with Crippen LogP contribution in [0, 0.1) is 13.8 Å². The highest BCUT2D eigenvalue weighted by atomic mass is 16.5. The van der Waals surface area contributed by atoms with Gasteiger partial charge in [0, 0.05) is 12.1 Å². The standard InChI is InChI=1S/C23H33NO3/c1-17-13-18(2)15-19(14-17)23(26)27-16-22(25)24(20-9-5-3-6-10-20)21-11-7-4-8-12-21/h13-15,20-21H,3-12,16H2,1-2H3. The van der Waals surface area contributed by atoms with E-state index in [0.717, 1.165) is 36.8 Å². The van der Waals surface area contributed by atoms with Gasteiger partial charge in [0.05, 0.1) is 5.56 Å². The second kappa shape index (κ2) is 9.38. The van der Waals surface area contributed by atoms with Gasteiger partial charge in [0.25, 0.3) is 5.91 Å². The molecule has 0 heterocycles. The van der Waals surface area contributed by atoms with Crippen molar-refractivity contribution in [3.8, 4) is 0 Å². The fourth-order valence-corrected chi connectivity index (χ4v) is 4.80. The van der Waals surface area contributed by atoms with Crippen LogP contribution in [-0.2, 0) is 9.53 Å². The quantitative estimate of drug-likeness (QED) is 0.688. The maximum atomic E-state index is 13.1. The summed E-state index contributed by atoms with van der Waals surface area (Å²) in [7, 11) is 0. The van der Waals surface area contributed by atoms with E-state index in [9.17, 15) is 9.59 Å². The van der Waals surface area contributed by atoms with Gasteiger partial charge in [-0.25, -0.2) is 4.79 Å². The van der Waals surface area contributed by atoms with Gasteiger partial charge in [-0.2, -0.15) is 0 Å². The van der Waals surface area contributed by atoms with E-state index in [4.69, 9.17) is 4.74 Å². The lowest BCUT2D eigenvalue weighted by Crippen LogP contribution is -2.50. The maximum Gasteiger partial charge on any atom is 0.338 e. The van der Waals surface area contributed by atoms with Gasteiger partial charge in [-0.1, -0.05) is 55.7 Å². The highest BCUT2D eigenvalue weighted by molar-refractivity contribution is 5.91. The number of benzene rings is 1. The lowest BCUT2D eigenvalue weighted by atomic mass is 9.88. The van der Waals surface area contributed by atoms with Crippen molar-refractivity contribution in [3.63, 3.8) is 0 Å². The third kappa shape index (κ3) is 5.33. The lowest BCUT2D eigenvalue weighted by molar-refractivity contribution is -0.141. The summed E-state index contributed by atoms with van der Waals surface area (Å²) in [6.07, 6.45) is 11.7. The van der Waals surface area contributed by atoms with Crippen molar-refractivity contribution in [1.82, 2.24) is 4.90 Å². The van der Waals surface area contributed by atoms with Gasteiger partial charge >= 0.3 is 5.97 Å². The highest BCUT2D eigenvalue weighted by Crippen LogP contribution is 2.30. The normalized spacial score (nSPS) is 18.9. The number of esters is 1. The molecule has 0 unspecified atom stereocenters. The molecule has 1 amide bonds. The number of aryl methyl sites for hydroxylation is 2. The molecule has 1 aromatic rings. The van der Waals surface area contributed by atoms with E-state index in [0.29, 0.717) is 17.6 Å². The molecule has 3 rings (SSSR count). The van der Waals surface area contributed by atoms with E-state index in [1.165, 1.54) is 38.5 Å². The molecule has 4 heteroatoms. The van der Waals surface area contributed by atoms with Crippen LogP contribution in [0.2, 0.25) is 0 Å². The van der Waals surface area contributed by atoms with Gasteiger partial charge < -0.3 is 9.64 Å². The SMILES string of the molecule is Cc1cc(C)cc(C(=O)OCC(=O)N(C2CCCCC2)C2CCCCC2)c1. The van der Waals surface area contributed by atoms with E-state index in [1.54, 1.807) is 0 Å². The van der Waals surface area contributed by atoms with Crippen molar-refractivity contribution in [2.24, 2.45) is 0 Å². The second-order valence-corrected chi connectivity index (χ2v) is 8.34. The highest BCUT2D eigenvalue weighted by Gasteiger charge is 2.32. The Morgan fingerprint density at radius 3 is 1.81 bits per heavy atom. The average Bonchev–Trinajstić information content (AvgIpc) is 2.67. The van der Waals surface area contributed by atoms with Gasteiger partial charge in [0.2, 0.25) is 0 Å². The Morgan fingerprint density at radius 1 is 0.852 bits per heavy atom. The summed E-state index contributed by atoms with van der Waals surface area (Å²) >= 11 is 0. The molecule has 4 nitrogen and oxygen atoms in total. The first-order valence-electron chi connectivity index (χ1n) is 10.6. The minimum Gasteiger partial charge on any atom is -0.452 e. The Hall–Kier alpha value is -1.84. The summed E-state index contributed by atoms with van der Waals surface area (Å²) in [6, 6.07) is 6.32. The third-order valence-electron chi connectivity index (χ3n) is 6.01. The van der Waals surface area contributed by atoms with Gasteiger partial charge in [0.1, 0.15) is 0 Å². The largest absolute Gasteiger partial charge is 0.452 e. The second-order valence-electron chi connectivity index (χ2n) is 8.34. The molecule has 0 aromatic heterocycles. The van der Waals surface area contributed by atoms with Crippen molar-refractivity contribution in [2.45, 2.75) is 90.1 Å². The smallest absolute Gasteiger partial charge is 0.338 e. The van der Waals surface area contributed by atoms with Crippen molar-refractivity contribution >= 4 is 11.9 Å². The Kier molecular flexibility index (Phi) is 6.92. The molecule has 0 aliphatic heterocycles. The molecule has 148 valence electrons. The number of hydrogen-bond donors (Lipinski definition) is 0. The predicted molar refractivity (Wildman–Crippen MR) is 107 cm³/mol. The van der Waals surface area contributed by atoms with E-state index in [2.05, 4.69) is 4.90 Å². The maximum absolute atomic E-state index is 13.1. The van der Waals surface area contributed by atoms with Gasteiger partial charge in [-0.3, -0.25) is 4.79 Å². The van der Waals surface area contributed by atoms with Crippen molar-refractivity contribution in [3.05, 3.63) is 34.9 Å². The predicted octanol–water partition coefficient (Wildman–Crippen LogP) is 4.95. The number of rotatable bonds is 5. The number of amides is 1. The molecule has 0 saturated heterocycles. The van der Waals surface area contributed by atoms with E-state index < -0.39 is 5.97 Å². The van der Waals surface area contributed by atoms with Crippen LogP contribution in [0.4, 0.5) is 0 Å². The molecular formula is C23H33NO3. The Bertz CT molecular complexity index is 619. The molecule has 0 N–H and O–H groups in total. The lowest BCUT2D eigenvalue weighted by Gasteiger charge is -2.41. The zero-order valence-corrected chi connectivity index (χ0v) is 16.8. The van der Waals surface area contributed by atoms with Crippen LogP contribution >= 0.6 is 0 Å². The van der Waals surface area contributed by atoms with E-state index in [1.807, 2.05) is 32.0 Å². The summed E-state index contributed by atoms with van der Waals surface area (Å²) < 4.78 is 5.43. The minimum atomic E-state index is -0.401. The Labute approximate surface area is 163 Å². The third-order valence-corrected chi connectivity index (χ3v) is 6.01. The van der Waals surface area contributed by atoms with E-state index in [-0.39, 0.29) is 12.5 Å². The fraction of sp³-hybridized carbons (Fsp3) is 0.652. The molecule has 27 heavy (non-hydrogen) atoms. The van der Waals surface area contributed by atoms with Crippen LogP contribution in [-0.4, -0.2) is 35.5 Å². The minimum absolute atomic E-state index is 0.00785. The molecule has 2 fully saturated rings. The van der Waals surface area contributed by atoms with E-state index >= 15 is 0 Å². The van der Waals surface area contributed by atoms with Crippen molar-refractivity contribution in [1.29, 1.82) is 0 Å². The summed E-state index contributed by atoms with van der Waals surface area (Å²) in [6.45, 7) is 3.78. The average molecular weight is 372 g/mol. The van der Waals surface area contributed by atoms with Crippen LogP contribution in [0.25, 0.3) is 0 Å². The number of nitrogens with zero attached hydrogens (tertiary/aromatic N) is 1. The molecule has 2 aliphatic rings. The number of ether oxygens (including phenoxy) is 1. The molecule has 1 aromatic carbocycles. The number of carbonyl (C=O) groups excluding carboxylic acids is 2. The van der Waals surface area contributed by atoms with Crippen LogP contribution < -0.4 is 0 Å². The Balaban J connectivity index is 1.65. The summed E-state index contributed by atoms with van der Waals surface area (Å²) in [5.41, 5.74) is 2.58. The Morgan fingerprint density at radius 2 is 1.33 bits per heavy atom. The van der Waals surface area contributed by atoms with Crippen LogP contribution in [0.3, 0.4) is 0 Å². The number of carbonyl (C=O) groups is 2. The van der Waals surface area contributed by atoms with Gasteiger partial charge in [-0.05, 0) is 51.7 Å². The van der Waals surface area contributed by atoms with Crippen molar-refractivity contribution in [2.75, 3.05) is 6.61 Å². The van der Waals surface area contributed by atoms with Crippen LogP contribution in [0.15, 0.2) is 18.2 Å². The van der Waals surface area contributed by atoms with Crippen molar-refractivity contribution < 1.29 is 14.3 Å². The van der Waals surface area contributed by atoms with Crippen LogP contribution in [0.1, 0.15) is 85.7 Å². The first kappa shape index (κ1) is 19.9. The molecule has 0 spiro atoms. The summed E-state index contributed by atoms with van der Waals surface area (Å²) in [5, 5.41) is 0.